The number of para-hydroxylation sites is 1. The van der Waals surface area contributed by atoms with E-state index in [0.717, 1.165) is 11.3 Å². The van der Waals surface area contributed by atoms with Gasteiger partial charge in [0.2, 0.25) is 0 Å². The number of aliphatic hydroxyl groups is 1. The molecule has 0 saturated heterocycles. The van der Waals surface area contributed by atoms with Crippen molar-refractivity contribution >= 4 is 0 Å². The molecule has 0 heterocycles. The first-order chi connectivity index (χ1) is 9.22. The molecule has 19 heavy (non-hydrogen) atoms. The van der Waals surface area contributed by atoms with Crippen LogP contribution in [-0.4, -0.2) is 11.7 Å². The second kappa shape index (κ2) is 6.39. The van der Waals surface area contributed by atoms with Crippen LogP contribution in [0.5, 0.6) is 5.75 Å². The van der Waals surface area contributed by atoms with Gasteiger partial charge in [0.25, 0.3) is 0 Å². The Hall–Kier alpha value is -1.80. The highest BCUT2D eigenvalue weighted by Gasteiger charge is 2.14. The molecule has 0 aliphatic rings. The minimum atomic E-state index is -0.538. The van der Waals surface area contributed by atoms with E-state index in [1.54, 1.807) is 0 Å². The van der Waals surface area contributed by atoms with Crippen molar-refractivity contribution in [3.63, 3.8) is 0 Å². The van der Waals surface area contributed by atoms with Crippen LogP contribution in [0.4, 0.5) is 0 Å². The van der Waals surface area contributed by atoms with Gasteiger partial charge < -0.3 is 9.84 Å². The normalized spacial score (nSPS) is 12.2. The van der Waals surface area contributed by atoms with Crippen molar-refractivity contribution < 1.29 is 9.84 Å². The lowest BCUT2D eigenvalue weighted by Gasteiger charge is -2.16. The van der Waals surface area contributed by atoms with Crippen molar-refractivity contribution in [2.24, 2.45) is 0 Å². The Labute approximate surface area is 114 Å². The molecule has 2 nitrogen and oxygen atoms in total. The summed E-state index contributed by atoms with van der Waals surface area (Å²) in [5.41, 5.74) is 3.23. The van der Waals surface area contributed by atoms with Crippen molar-refractivity contribution in [3.05, 3.63) is 65.2 Å². The average Bonchev–Trinajstić information content (AvgIpc) is 2.42. The summed E-state index contributed by atoms with van der Waals surface area (Å²) < 4.78 is 5.57. The van der Waals surface area contributed by atoms with Crippen LogP contribution < -0.4 is 4.74 Å². The van der Waals surface area contributed by atoms with E-state index in [1.165, 1.54) is 11.1 Å². The predicted octanol–water partition coefficient (Wildman–Crippen LogP) is 3.67. The summed E-state index contributed by atoms with van der Waals surface area (Å²) in [6, 6.07) is 15.8. The van der Waals surface area contributed by atoms with E-state index in [0.29, 0.717) is 13.0 Å². The van der Waals surface area contributed by atoms with Crippen LogP contribution in [0.15, 0.2) is 48.5 Å². The van der Waals surface area contributed by atoms with Crippen LogP contribution in [0.25, 0.3) is 0 Å². The van der Waals surface area contributed by atoms with Gasteiger partial charge in [0, 0.05) is 12.0 Å². The second-order valence-corrected chi connectivity index (χ2v) is 4.62. The van der Waals surface area contributed by atoms with Crippen molar-refractivity contribution in [3.8, 4) is 5.75 Å². The molecule has 0 amide bonds. The Morgan fingerprint density at radius 1 is 1.05 bits per heavy atom. The van der Waals surface area contributed by atoms with Crippen LogP contribution in [0, 0.1) is 6.92 Å². The van der Waals surface area contributed by atoms with Crippen molar-refractivity contribution in [1.29, 1.82) is 0 Å². The fraction of sp³-hybridized carbons (Fsp3) is 0.294. The number of aryl methyl sites for hydroxylation is 1. The minimum absolute atomic E-state index is 0.538. The van der Waals surface area contributed by atoms with Crippen molar-refractivity contribution in [1.82, 2.24) is 0 Å². The summed E-state index contributed by atoms with van der Waals surface area (Å²) >= 11 is 0. The first-order valence-electron chi connectivity index (χ1n) is 6.66. The van der Waals surface area contributed by atoms with E-state index < -0.39 is 6.10 Å². The molecule has 0 aromatic heterocycles. The number of rotatable bonds is 5. The van der Waals surface area contributed by atoms with E-state index in [2.05, 4.69) is 19.1 Å². The average molecular weight is 256 g/mol. The molecule has 0 aliphatic heterocycles. The molecule has 2 aromatic rings. The molecule has 0 saturated carbocycles. The minimum Gasteiger partial charge on any atom is -0.493 e. The number of benzene rings is 2. The smallest absolute Gasteiger partial charge is 0.125 e. The molecule has 0 bridgehead atoms. The number of ether oxygens (including phenoxy) is 1. The van der Waals surface area contributed by atoms with Gasteiger partial charge in [-0.25, -0.2) is 0 Å². The Bertz CT molecular complexity index is 534. The van der Waals surface area contributed by atoms with Crippen LogP contribution >= 0.6 is 0 Å². The summed E-state index contributed by atoms with van der Waals surface area (Å²) in [6.07, 6.45) is 0.0698. The zero-order valence-electron chi connectivity index (χ0n) is 11.5. The van der Waals surface area contributed by atoms with Gasteiger partial charge >= 0.3 is 0 Å². The molecular weight excluding hydrogens is 236 g/mol. The first kappa shape index (κ1) is 13.6. The molecule has 2 aromatic carbocycles. The molecular formula is C17H20O2. The monoisotopic (exact) mass is 256 g/mol. The van der Waals surface area contributed by atoms with E-state index in [9.17, 15) is 5.11 Å². The van der Waals surface area contributed by atoms with Crippen molar-refractivity contribution in [2.45, 2.75) is 26.4 Å². The molecule has 0 radical (unpaired) electrons. The fourth-order valence-electron chi connectivity index (χ4n) is 2.20. The van der Waals surface area contributed by atoms with E-state index in [4.69, 9.17) is 4.74 Å². The molecule has 1 atom stereocenters. The molecule has 100 valence electrons. The number of hydrogen-bond donors (Lipinski definition) is 1. The van der Waals surface area contributed by atoms with Gasteiger partial charge in [-0.15, -0.1) is 0 Å². The summed E-state index contributed by atoms with van der Waals surface area (Å²) in [5.74, 6) is 0.770. The van der Waals surface area contributed by atoms with Gasteiger partial charge in [0.15, 0.2) is 0 Å². The predicted molar refractivity (Wildman–Crippen MR) is 77.5 cm³/mol. The standard InChI is InChI=1S/C17H20O2/c1-3-19-17-11-7-6-10-15(17)16(18)12-14-9-5-4-8-13(14)2/h4-11,16,18H,3,12H2,1-2H3. The van der Waals surface area contributed by atoms with Crippen LogP contribution in [0.1, 0.15) is 29.7 Å². The SMILES string of the molecule is CCOc1ccccc1C(O)Cc1ccccc1C. The second-order valence-electron chi connectivity index (χ2n) is 4.62. The molecule has 2 heteroatoms. The highest BCUT2D eigenvalue weighted by molar-refractivity contribution is 5.37. The molecule has 0 aliphatic carbocycles. The fourth-order valence-corrected chi connectivity index (χ4v) is 2.20. The van der Waals surface area contributed by atoms with Gasteiger partial charge in [-0.1, -0.05) is 42.5 Å². The Kier molecular flexibility index (Phi) is 4.58. The van der Waals surface area contributed by atoms with E-state index in [-0.39, 0.29) is 0 Å². The van der Waals surface area contributed by atoms with Crippen LogP contribution in [0.3, 0.4) is 0 Å². The third-order valence-electron chi connectivity index (χ3n) is 3.25. The van der Waals surface area contributed by atoms with Gasteiger partial charge in [0.05, 0.1) is 12.7 Å². The molecule has 0 fully saturated rings. The molecule has 2 rings (SSSR count). The summed E-state index contributed by atoms with van der Waals surface area (Å²) in [7, 11) is 0. The van der Waals surface area contributed by atoms with Gasteiger partial charge in [-0.05, 0) is 31.0 Å². The Balaban J connectivity index is 2.20. The van der Waals surface area contributed by atoms with E-state index >= 15 is 0 Å². The highest BCUT2D eigenvalue weighted by atomic mass is 16.5. The van der Waals surface area contributed by atoms with Gasteiger partial charge in [-0.2, -0.15) is 0 Å². The molecule has 1 N–H and O–H groups in total. The Morgan fingerprint density at radius 2 is 1.74 bits per heavy atom. The maximum absolute atomic E-state index is 10.4. The largest absolute Gasteiger partial charge is 0.493 e. The van der Waals surface area contributed by atoms with Crippen LogP contribution in [0.2, 0.25) is 0 Å². The van der Waals surface area contributed by atoms with E-state index in [1.807, 2.05) is 43.3 Å². The topological polar surface area (TPSA) is 29.5 Å². The molecule has 0 spiro atoms. The number of aliphatic hydroxyl groups excluding tert-OH is 1. The lowest BCUT2D eigenvalue weighted by Crippen LogP contribution is -2.06. The summed E-state index contributed by atoms with van der Waals surface area (Å²) in [6.45, 7) is 4.62. The summed E-state index contributed by atoms with van der Waals surface area (Å²) in [5, 5.41) is 10.4. The third kappa shape index (κ3) is 3.36. The number of hydrogen-bond acceptors (Lipinski definition) is 2. The Morgan fingerprint density at radius 3 is 2.47 bits per heavy atom. The quantitative estimate of drug-likeness (QED) is 0.884. The first-order valence-corrected chi connectivity index (χ1v) is 6.66. The lowest BCUT2D eigenvalue weighted by molar-refractivity contribution is 0.172. The third-order valence-corrected chi connectivity index (χ3v) is 3.25. The summed E-state index contributed by atoms with van der Waals surface area (Å²) in [4.78, 5) is 0. The highest BCUT2D eigenvalue weighted by Crippen LogP contribution is 2.28. The maximum Gasteiger partial charge on any atom is 0.125 e. The molecule has 1 unspecified atom stereocenters. The zero-order valence-corrected chi connectivity index (χ0v) is 11.5. The van der Waals surface area contributed by atoms with Gasteiger partial charge in [0.1, 0.15) is 5.75 Å². The lowest BCUT2D eigenvalue weighted by atomic mass is 9.98. The zero-order chi connectivity index (χ0) is 13.7. The maximum atomic E-state index is 10.4. The van der Waals surface area contributed by atoms with Crippen molar-refractivity contribution in [2.75, 3.05) is 6.61 Å². The van der Waals surface area contributed by atoms with Crippen LogP contribution in [-0.2, 0) is 6.42 Å². The van der Waals surface area contributed by atoms with Gasteiger partial charge in [-0.3, -0.25) is 0 Å².